The van der Waals surface area contributed by atoms with Crippen LogP contribution >= 0.6 is 15.9 Å². The highest BCUT2D eigenvalue weighted by Crippen LogP contribution is 2.42. The third kappa shape index (κ3) is 5.11. The molecule has 0 radical (unpaired) electrons. The third-order valence-electron chi connectivity index (χ3n) is 3.96. The van der Waals surface area contributed by atoms with Crippen LogP contribution in [-0.2, 0) is 4.79 Å². The van der Waals surface area contributed by atoms with Crippen molar-refractivity contribution in [3.05, 3.63) is 0 Å². The van der Waals surface area contributed by atoms with E-state index in [9.17, 15) is 4.79 Å². The molecule has 0 aromatic heterocycles. The fourth-order valence-electron chi connectivity index (χ4n) is 3.48. The van der Waals surface area contributed by atoms with Gasteiger partial charge in [-0.3, -0.25) is 4.79 Å². The molecule has 2 heteroatoms. The lowest BCUT2D eigenvalue weighted by Crippen LogP contribution is -2.27. The van der Waals surface area contributed by atoms with Crippen LogP contribution < -0.4 is 0 Å². The second-order valence-corrected chi connectivity index (χ2v) is 8.00. The molecule has 17 heavy (non-hydrogen) atoms. The summed E-state index contributed by atoms with van der Waals surface area (Å²) in [7, 11) is 0. The highest BCUT2D eigenvalue weighted by atomic mass is 79.9. The second-order valence-electron chi connectivity index (χ2n) is 7.20. The van der Waals surface area contributed by atoms with Crippen molar-refractivity contribution in [2.45, 2.75) is 66.2 Å². The fraction of sp³-hybridized carbons (Fsp3) is 0.933. The molecule has 0 aromatic rings. The van der Waals surface area contributed by atoms with Crippen LogP contribution in [0, 0.1) is 16.7 Å². The second kappa shape index (κ2) is 5.86. The molecule has 0 heterocycles. The molecule has 1 atom stereocenters. The molecule has 1 unspecified atom stereocenters. The van der Waals surface area contributed by atoms with Crippen molar-refractivity contribution in [2.75, 3.05) is 5.33 Å². The van der Waals surface area contributed by atoms with Crippen LogP contribution in [0.4, 0.5) is 0 Å². The molecule has 1 nitrogen and oxygen atoms in total. The molecule has 0 amide bonds. The summed E-state index contributed by atoms with van der Waals surface area (Å²) in [5.41, 5.74) is 0.658. The van der Waals surface area contributed by atoms with Crippen LogP contribution in [-0.4, -0.2) is 11.1 Å². The highest BCUT2D eigenvalue weighted by molar-refractivity contribution is 9.09. The number of ketones is 1. The predicted octanol–water partition coefficient (Wildman–Crippen LogP) is 4.97. The van der Waals surface area contributed by atoms with Gasteiger partial charge in [0, 0.05) is 17.7 Å². The molecule has 1 aliphatic rings. The van der Waals surface area contributed by atoms with Gasteiger partial charge in [-0.05, 0) is 42.9 Å². The number of rotatable bonds is 6. The van der Waals surface area contributed by atoms with Crippen molar-refractivity contribution in [1.29, 1.82) is 0 Å². The van der Waals surface area contributed by atoms with Gasteiger partial charge >= 0.3 is 0 Å². The van der Waals surface area contributed by atoms with E-state index in [-0.39, 0.29) is 5.41 Å². The summed E-state index contributed by atoms with van der Waals surface area (Å²) in [6.45, 7) is 9.34. The van der Waals surface area contributed by atoms with Gasteiger partial charge in [-0.15, -0.1) is 0 Å². The molecule has 100 valence electrons. The van der Waals surface area contributed by atoms with E-state index in [1.165, 1.54) is 12.8 Å². The molecule has 0 bridgehead atoms. The van der Waals surface area contributed by atoms with Crippen molar-refractivity contribution in [1.82, 2.24) is 0 Å². The molecule has 0 spiro atoms. The standard InChI is InChI=1S/C15H27BrO/c1-14(2,8-9-16)11-15(3,4)10-12-6-5-7-13(12)17/h12H,5-11H2,1-4H3. The number of alkyl halides is 1. The summed E-state index contributed by atoms with van der Waals surface area (Å²) < 4.78 is 0. The number of hydrogen-bond acceptors (Lipinski definition) is 1. The summed E-state index contributed by atoms with van der Waals surface area (Å²) in [4.78, 5) is 11.7. The van der Waals surface area contributed by atoms with Gasteiger partial charge in [-0.25, -0.2) is 0 Å². The van der Waals surface area contributed by atoms with Crippen LogP contribution in [0.3, 0.4) is 0 Å². The first-order chi connectivity index (χ1) is 7.76. The minimum absolute atomic E-state index is 0.288. The summed E-state index contributed by atoms with van der Waals surface area (Å²) in [6.07, 6.45) is 6.55. The van der Waals surface area contributed by atoms with E-state index < -0.39 is 0 Å². The first-order valence-electron chi connectivity index (χ1n) is 6.84. The predicted molar refractivity (Wildman–Crippen MR) is 77.6 cm³/mol. The normalized spacial score (nSPS) is 22.2. The van der Waals surface area contributed by atoms with Gasteiger partial charge in [0.25, 0.3) is 0 Å². The van der Waals surface area contributed by atoms with E-state index in [0.29, 0.717) is 17.1 Å². The highest BCUT2D eigenvalue weighted by Gasteiger charge is 2.34. The van der Waals surface area contributed by atoms with E-state index in [1.807, 2.05) is 0 Å². The Labute approximate surface area is 115 Å². The zero-order chi connectivity index (χ0) is 13.1. The van der Waals surface area contributed by atoms with Crippen LogP contribution in [0.25, 0.3) is 0 Å². The molecule has 0 N–H and O–H groups in total. The number of carbonyl (C=O) groups is 1. The van der Waals surface area contributed by atoms with Gasteiger partial charge in [0.15, 0.2) is 0 Å². The zero-order valence-electron chi connectivity index (χ0n) is 11.8. The van der Waals surface area contributed by atoms with Gasteiger partial charge < -0.3 is 0 Å². The molecule has 1 rings (SSSR count). The third-order valence-corrected chi connectivity index (χ3v) is 4.35. The van der Waals surface area contributed by atoms with Crippen molar-refractivity contribution in [2.24, 2.45) is 16.7 Å². The largest absolute Gasteiger partial charge is 0.299 e. The van der Waals surface area contributed by atoms with E-state index in [2.05, 4.69) is 43.6 Å². The lowest BCUT2D eigenvalue weighted by Gasteiger charge is -2.36. The SMILES string of the molecule is CC(C)(CCBr)CC(C)(C)CC1CCCC1=O. The van der Waals surface area contributed by atoms with Crippen molar-refractivity contribution >= 4 is 21.7 Å². The Bertz CT molecular complexity index is 268. The molecular formula is C15H27BrO. The number of hydrogen-bond donors (Lipinski definition) is 0. The molecule has 1 aliphatic carbocycles. The summed E-state index contributed by atoms with van der Waals surface area (Å²) in [5.74, 6) is 0.862. The summed E-state index contributed by atoms with van der Waals surface area (Å²) in [6, 6.07) is 0. The topological polar surface area (TPSA) is 17.1 Å². The quantitative estimate of drug-likeness (QED) is 0.633. The van der Waals surface area contributed by atoms with Crippen molar-refractivity contribution < 1.29 is 4.79 Å². The Hall–Kier alpha value is 0.150. The first kappa shape index (κ1) is 15.2. The minimum Gasteiger partial charge on any atom is -0.299 e. The lowest BCUT2D eigenvalue weighted by molar-refractivity contribution is -0.121. The molecule has 1 saturated carbocycles. The summed E-state index contributed by atoms with van der Waals surface area (Å²) in [5, 5.41) is 1.07. The smallest absolute Gasteiger partial charge is 0.135 e. The van der Waals surface area contributed by atoms with Gasteiger partial charge in [-0.2, -0.15) is 0 Å². The molecule has 0 aliphatic heterocycles. The van der Waals surface area contributed by atoms with E-state index in [1.54, 1.807) is 0 Å². The maximum absolute atomic E-state index is 11.7. The molecule has 0 saturated heterocycles. The number of carbonyl (C=O) groups excluding carboxylic acids is 1. The van der Waals surface area contributed by atoms with E-state index in [0.717, 1.165) is 31.0 Å². The van der Waals surface area contributed by atoms with Gasteiger partial charge in [0.2, 0.25) is 0 Å². The Morgan fingerprint density at radius 2 is 1.88 bits per heavy atom. The Morgan fingerprint density at radius 3 is 2.35 bits per heavy atom. The van der Waals surface area contributed by atoms with Gasteiger partial charge in [0.05, 0.1) is 0 Å². The van der Waals surface area contributed by atoms with Crippen molar-refractivity contribution in [3.8, 4) is 0 Å². The van der Waals surface area contributed by atoms with Crippen LogP contribution in [0.5, 0.6) is 0 Å². The zero-order valence-corrected chi connectivity index (χ0v) is 13.4. The Morgan fingerprint density at radius 1 is 1.24 bits per heavy atom. The number of halogens is 1. The maximum atomic E-state index is 11.7. The maximum Gasteiger partial charge on any atom is 0.135 e. The van der Waals surface area contributed by atoms with Crippen LogP contribution in [0.15, 0.2) is 0 Å². The molecule has 0 aromatic carbocycles. The van der Waals surface area contributed by atoms with Crippen LogP contribution in [0.2, 0.25) is 0 Å². The average molecular weight is 303 g/mol. The monoisotopic (exact) mass is 302 g/mol. The average Bonchev–Trinajstić information content (AvgIpc) is 2.48. The fourth-order valence-corrected chi connectivity index (χ4v) is 4.56. The molecule has 1 fully saturated rings. The Kier molecular flexibility index (Phi) is 5.24. The van der Waals surface area contributed by atoms with E-state index >= 15 is 0 Å². The van der Waals surface area contributed by atoms with Gasteiger partial charge in [0.1, 0.15) is 5.78 Å². The number of Topliss-reactive ketones (excluding diaryl/α,β-unsaturated/α-hetero) is 1. The van der Waals surface area contributed by atoms with Crippen LogP contribution in [0.1, 0.15) is 66.2 Å². The van der Waals surface area contributed by atoms with Crippen molar-refractivity contribution in [3.63, 3.8) is 0 Å². The minimum atomic E-state index is 0.288. The Balaban J connectivity index is 2.52. The molecular weight excluding hydrogens is 276 g/mol. The van der Waals surface area contributed by atoms with Gasteiger partial charge in [-0.1, -0.05) is 43.6 Å². The lowest BCUT2D eigenvalue weighted by atomic mass is 9.70. The van der Waals surface area contributed by atoms with E-state index in [4.69, 9.17) is 0 Å². The summed E-state index contributed by atoms with van der Waals surface area (Å²) >= 11 is 3.54. The first-order valence-corrected chi connectivity index (χ1v) is 7.97.